The molecule has 4 aromatic heterocycles. The molecule has 1 aliphatic rings. The highest BCUT2D eigenvalue weighted by molar-refractivity contribution is 5.86. The molecule has 5 heterocycles. The highest BCUT2D eigenvalue weighted by atomic mass is 35.5. The van der Waals surface area contributed by atoms with Gasteiger partial charge in [-0.25, -0.2) is 29.9 Å². The Morgan fingerprint density at radius 2 is 1.26 bits per heavy atom. The number of nitrogens with zero attached hydrogens (tertiary/aromatic N) is 6. The molecule has 0 saturated carbocycles. The van der Waals surface area contributed by atoms with Crippen molar-refractivity contribution in [3.8, 4) is 22.5 Å². The first kappa shape index (κ1) is 33.6. The van der Waals surface area contributed by atoms with Crippen LogP contribution in [0, 0.1) is 5.92 Å². The Labute approximate surface area is 280 Å². The summed E-state index contributed by atoms with van der Waals surface area (Å²) < 4.78 is 5.17. The van der Waals surface area contributed by atoms with Gasteiger partial charge in [0.1, 0.15) is 23.7 Å². The summed E-state index contributed by atoms with van der Waals surface area (Å²) >= 11 is 0. The van der Waals surface area contributed by atoms with Gasteiger partial charge in [-0.2, -0.15) is 0 Å². The predicted molar refractivity (Wildman–Crippen MR) is 190 cm³/mol. The highest BCUT2D eigenvalue weighted by Gasteiger charge is 2.17. The van der Waals surface area contributed by atoms with Crippen LogP contribution in [-0.4, -0.2) is 55.7 Å². The Bertz CT molecular complexity index is 1950. The molecule has 242 valence electrons. The molecular formula is C35H39ClN10O. The third-order valence-electron chi connectivity index (χ3n) is 7.58. The number of hydrogen-bond donors (Lipinski definition) is 4. The molecule has 11 nitrogen and oxygen atoms in total. The monoisotopic (exact) mass is 650 g/mol. The SMILES string of the molecule is CC(C)CNCc1cccc(-c2ccc3ncnc(N)c3n2)c1.Cl.Nc1ncnc2ccc(-c3cccc(CNC4COC4)c3)nc12. The first-order valence-electron chi connectivity index (χ1n) is 15.4. The summed E-state index contributed by atoms with van der Waals surface area (Å²) in [6.45, 7) is 8.68. The number of benzene rings is 2. The van der Waals surface area contributed by atoms with Crippen molar-refractivity contribution in [1.29, 1.82) is 0 Å². The molecule has 0 amide bonds. The van der Waals surface area contributed by atoms with Crippen molar-refractivity contribution >= 4 is 46.1 Å². The van der Waals surface area contributed by atoms with E-state index in [1.165, 1.54) is 23.8 Å². The molecule has 7 rings (SSSR count). The van der Waals surface area contributed by atoms with Gasteiger partial charge in [0.05, 0.1) is 41.7 Å². The Balaban J connectivity index is 0.000000181. The van der Waals surface area contributed by atoms with Gasteiger partial charge >= 0.3 is 0 Å². The van der Waals surface area contributed by atoms with Gasteiger partial charge < -0.3 is 26.8 Å². The Kier molecular flexibility index (Phi) is 11.2. The number of aromatic nitrogens is 6. The standard InChI is InChI=1S/C18H21N5.C17H17N5O.ClH/c1-12(2)9-20-10-13-4-3-5-14(8-13)15-6-7-16-17(23-15)18(19)22-11-21-16;18-17-16-15(20-10-21-17)5-4-14(22-16)12-3-1-2-11(6-12)7-19-13-8-23-9-13;/h3-8,11-12,20H,9-10H2,1-2H3,(H2,19,21,22);1-6,10,13,19H,7-9H2,(H2,18,20,21);1H. The van der Waals surface area contributed by atoms with Crippen LogP contribution >= 0.6 is 12.4 Å². The molecule has 1 saturated heterocycles. The number of ether oxygens (including phenoxy) is 1. The number of halogens is 1. The maximum Gasteiger partial charge on any atom is 0.153 e. The highest BCUT2D eigenvalue weighted by Crippen LogP contribution is 2.24. The minimum absolute atomic E-state index is 0. The number of nitrogens with one attached hydrogen (secondary N) is 2. The Morgan fingerprint density at radius 3 is 1.74 bits per heavy atom. The van der Waals surface area contributed by atoms with E-state index in [0.29, 0.717) is 34.6 Å². The van der Waals surface area contributed by atoms with Crippen LogP contribution in [0.15, 0.2) is 85.5 Å². The van der Waals surface area contributed by atoms with Gasteiger partial charge in [0.15, 0.2) is 11.6 Å². The molecule has 0 bridgehead atoms. The molecule has 6 N–H and O–H groups in total. The molecule has 0 radical (unpaired) electrons. The van der Waals surface area contributed by atoms with E-state index in [0.717, 1.165) is 66.4 Å². The summed E-state index contributed by atoms with van der Waals surface area (Å²) in [5, 5.41) is 6.93. The predicted octanol–water partition coefficient (Wildman–Crippen LogP) is 5.20. The second kappa shape index (κ2) is 15.7. The van der Waals surface area contributed by atoms with Crippen LogP contribution in [0.5, 0.6) is 0 Å². The summed E-state index contributed by atoms with van der Waals surface area (Å²) in [6.07, 6.45) is 2.91. The third-order valence-corrected chi connectivity index (χ3v) is 7.58. The van der Waals surface area contributed by atoms with E-state index in [9.17, 15) is 0 Å². The van der Waals surface area contributed by atoms with Crippen LogP contribution in [0.25, 0.3) is 44.6 Å². The summed E-state index contributed by atoms with van der Waals surface area (Å²) in [4.78, 5) is 25.6. The molecule has 0 aliphatic carbocycles. The number of hydrogen-bond acceptors (Lipinski definition) is 11. The van der Waals surface area contributed by atoms with E-state index in [1.807, 2.05) is 36.4 Å². The maximum absolute atomic E-state index is 5.90. The topological polar surface area (TPSA) is 163 Å². The van der Waals surface area contributed by atoms with Crippen molar-refractivity contribution < 1.29 is 4.74 Å². The third kappa shape index (κ3) is 8.52. The van der Waals surface area contributed by atoms with Gasteiger partial charge in [0.25, 0.3) is 0 Å². The fourth-order valence-corrected chi connectivity index (χ4v) is 5.04. The van der Waals surface area contributed by atoms with Crippen LogP contribution in [0.3, 0.4) is 0 Å². The van der Waals surface area contributed by atoms with Crippen LogP contribution in [0.4, 0.5) is 11.6 Å². The molecule has 1 fully saturated rings. The summed E-state index contributed by atoms with van der Waals surface area (Å²) in [5.41, 5.74) is 20.9. The van der Waals surface area contributed by atoms with Crippen LogP contribution in [-0.2, 0) is 17.8 Å². The van der Waals surface area contributed by atoms with Crippen molar-refractivity contribution in [3.63, 3.8) is 0 Å². The van der Waals surface area contributed by atoms with Gasteiger partial charge in [0, 0.05) is 24.2 Å². The average Bonchev–Trinajstić information content (AvgIpc) is 3.05. The van der Waals surface area contributed by atoms with Crippen LogP contribution < -0.4 is 22.1 Å². The lowest BCUT2D eigenvalue weighted by atomic mass is 10.1. The number of nitrogens with two attached hydrogens (primary N) is 2. The number of nitrogen functional groups attached to an aromatic ring is 2. The summed E-state index contributed by atoms with van der Waals surface area (Å²) in [6, 6.07) is 25.0. The Hall–Kier alpha value is -4.81. The zero-order chi connectivity index (χ0) is 31.9. The molecule has 47 heavy (non-hydrogen) atoms. The van der Waals surface area contributed by atoms with Crippen molar-refractivity contribution in [2.45, 2.75) is 33.0 Å². The number of fused-ring (bicyclic) bond motifs is 2. The fourth-order valence-electron chi connectivity index (χ4n) is 5.04. The van der Waals surface area contributed by atoms with Crippen molar-refractivity contribution in [1.82, 2.24) is 40.5 Å². The molecular weight excluding hydrogens is 612 g/mol. The van der Waals surface area contributed by atoms with Crippen LogP contribution in [0.1, 0.15) is 25.0 Å². The molecule has 6 aromatic rings. The van der Waals surface area contributed by atoms with E-state index in [1.54, 1.807) is 0 Å². The van der Waals surface area contributed by atoms with Gasteiger partial charge in [-0.05, 0) is 60.0 Å². The smallest absolute Gasteiger partial charge is 0.153 e. The van der Waals surface area contributed by atoms with E-state index >= 15 is 0 Å². The second-order valence-electron chi connectivity index (χ2n) is 11.7. The normalized spacial score (nSPS) is 12.7. The molecule has 12 heteroatoms. The minimum Gasteiger partial charge on any atom is -0.382 e. The molecule has 0 unspecified atom stereocenters. The van der Waals surface area contributed by atoms with Crippen LogP contribution in [0.2, 0.25) is 0 Å². The minimum atomic E-state index is 0. The quantitative estimate of drug-likeness (QED) is 0.163. The summed E-state index contributed by atoms with van der Waals surface area (Å²) in [5.74, 6) is 1.45. The van der Waals surface area contributed by atoms with E-state index < -0.39 is 0 Å². The van der Waals surface area contributed by atoms with Gasteiger partial charge in [-0.15, -0.1) is 12.4 Å². The molecule has 0 spiro atoms. The first-order chi connectivity index (χ1) is 22.4. The fraction of sp³-hybridized carbons (Fsp3) is 0.257. The largest absolute Gasteiger partial charge is 0.382 e. The summed E-state index contributed by atoms with van der Waals surface area (Å²) in [7, 11) is 0. The average molecular weight is 651 g/mol. The van der Waals surface area contributed by atoms with E-state index in [2.05, 4.69) is 90.8 Å². The van der Waals surface area contributed by atoms with Gasteiger partial charge in [0.2, 0.25) is 0 Å². The van der Waals surface area contributed by atoms with Crippen molar-refractivity contribution in [2.75, 3.05) is 31.2 Å². The lowest BCUT2D eigenvalue weighted by molar-refractivity contribution is -0.00578. The zero-order valence-corrected chi connectivity index (χ0v) is 27.2. The number of rotatable bonds is 9. The molecule has 0 atom stereocenters. The zero-order valence-electron chi connectivity index (χ0n) is 26.4. The van der Waals surface area contributed by atoms with E-state index in [4.69, 9.17) is 16.2 Å². The second-order valence-corrected chi connectivity index (χ2v) is 11.7. The maximum atomic E-state index is 5.90. The lowest BCUT2D eigenvalue weighted by Crippen LogP contribution is -2.45. The molecule has 1 aliphatic heterocycles. The Morgan fingerprint density at radius 1 is 0.723 bits per heavy atom. The molecule has 2 aromatic carbocycles. The van der Waals surface area contributed by atoms with Crippen molar-refractivity contribution in [3.05, 3.63) is 96.6 Å². The van der Waals surface area contributed by atoms with Gasteiger partial charge in [-0.3, -0.25) is 0 Å². The number of pyridine rings is 2. The first-order valence-corrected chi connectivity index (χ1v) is 15.4. The lowest BCUT2D eigenvalue weighted by Gasteiger charge is -2.27. The van der Waals surface area contributed by atoms with Crippen molar-refractivity contribution in [2.24, 2.45) is 5.92 Å². The van der Waals surface area contributed by atoms with E-state index in [-0.39, 0.29) is 12.4 Å². The number of anilines is 2. The van der Waals surface area contributed by atoms with Gasteiger partial charge in [-0.1, -0.05) is 50.2 Å².